The minimum absolute atomic E-state index is 0.297. The van der Waals surface area contributed by atoms with Gasteiger partial charge in [-0.25, -0.2) is 0 Å². The number of carbonyl (C=O) groups excluding carboxylic acids is 3. The third kappa shape index (κ3) is 5.51. The van der Waals surface area contributed by atoms with Gasteiger partial charge in [0.2, 0.25) is 11.8 Å². The highest BCUT2D eigenvalue weighted by molar-refractivity contribution is 6.10. The summed E-state index contributed by atoms with van der Waals surface area (Å²) in [6, 6.07) is 31.8. The molecule has 1 heterocycles. The van der Waals surface area contributed by atoms with E-state index in [1.807, 2.05) is 97.1 Å². The van der Waals surface area contributed by atoms with E-state index < -0.39 is 18.1 Å². The Balaban J connectivity index is 1.49. The van der Waals surface area contributed by atoms with Gasteiger partial charge in [-0.2, -0.15) is 0 Å². The predicted molar refractivity (Wildman–Crippen MR) is 158 cm³/mol. The molecule has 0 bridgehead atoms. The van der Waals surface area contributed by atoms with E-state index in [4.69, 9.17) is 0 Å². The largest absolute Gasteiger partial charge is 0.339 e. The molecule has 4 aromatic rings. The molecule has 0 fully saturated rings. The van der Waals surface area contributed by atoms with Crippen molar-refractivity contribution in [1.29, 1.82) is 0 Å². The molecule has 0 unspecified atom stereocenters. The minimum atomic E-state index is -0.970. The van der Waals surface area contributed by atoms with E-state index in [2.05, 4.69) is 16.0 Å². The second-order valence-electron chi connectivity index (χ2n) is 9.82. The molecule has 0 saturated heterocycles. The fourth-order valence-electron chi connectivity index (χ4n) is 5.02. The Hall–Kier alpha value is -4.75. The molecule has 40 heavy (non-hydrogen) atoms. The standard InChI is InChI=1S/C33H32N4O3/c1-22(34-2)31(38)36-30(24-15-7-4-8-16-24)33(40)37-28-20-12-9-17-25(28)21-29(37)32(39)35-27-19-11-10-18-26(27)23-13-5-3-6-14-23/h3-20,22,29-30,34H,21H2,1-2H3,(H,35,39)(H,36,38)/t22-,29-,30-/m0/s1. The zero-order valence-electron chi connectivity index (χ0n) is 22.5. The Morgan fingerprint density at radius 1 is 0.800 bits per heavy atom. The number of benzene rings is 4. The van der Waals surface area contributed by atoms with Gasteiger partial charge in [-0.3, -0.25) is 19.3 Å². The molecule has 0 saturated carbocycles. The van der Waals surface area contributed by atoms with Crippen molar-refractivity contribution in [1.82, 2.24) is 10.6 Å². The summed E-state index contributed by atoms with van der Waals surface area (Å²) < 4.78 is 0. The van der Waals surface area contributed by atoms with Crippen molar-refractivity contribution in [2.75, 3.05) is 17.3 Å². The molecule has 0 radical (unpaired) electrons. The van der Waals surface area contributed by atoms with Crippen LogP contribution in [-0.2, 0) is 20.8 Å². The molecule has 3 atom stereocenters. The average molecular weight is 533 g/mol. The quantitative estimate of drug-likeness (QED) is 0.307. The third-order valence-corrected chi connectivity index (χ3v) is 7.28. The number of hydrogen-bond acceptors (Lipinski definition) is 4. The van der Waals surface area contributed by atoms with Crippen LogP contribution in [0.25, 0.3) is 11.1 Å². The second kappa shape index (κ2) is 12.0. The number of fused-ring (bicyclic) bond motifs is 1. The molecule has 0 aliphatic carbocycles. The molecular formula is C33H32N4O3. The summed E-state index contributed by atoms with van der Waals surface area (Å²) in [6.07, 6.45) is 0.365. The van der Waals surface area contributed by atoms with Gasteiger partial charge in [0, 0.05) is 23.4 Å². The molecule has 3 N–H and O–H groups in total. The van der Waals surface area contributed by atoms with Crippen LogP contribution in [-0.4, -0.2) is 36.9 Å². The first kappa shape index (κ1) is 26.8. The van der Waals surface area contributed by atoms with Gasteiger partial charge in [0.1, 0.15) is 12.1 Å². The van der Waals surface area contributed by atoms with Crippen LogP contribution in [0.15, 0.2) is 109 Å². The van der Waals surface area contributed by atoms with Crippen LogP contribution in [0.5, 0.6) is 0 Å². The fourth-order valence-corrected chi connectivity index (χ4v) is 5.02. The Morgan fingerprint density at radius 3 is 2.15 bits per heavy atom. The summed E-state index contributed by atoms with van der Waals surface area (Å²) >= 11 is 0. The molecule has 5 rings (SSSR count). The number of carbonyl (C=O) groups is 3. The molecule has 7 heteroatoms. The zero-order valence-corrected chi connectivity index (χ0v) is 22.5. The Labute approximate surface area is 234 Å². The first-order valence-electron chi connectivity index (χ1n) is 13.4. The fraction of sp³-hybridized carbons (Fsp3) is 0.182. The van der Waals surface area contributed by atoms with E-state index in [0.29, 0.717) is 23.4 Å². The second-order valence-corrected chi connectivity index (χ2v) is 9.82. The van der Waals surface area contributed by atoms with E-state index in [9.17, 15) is 14.4 Å². The van der Waals surface area contributed by atoms with E-state index in [1.54, 1.807) is 26.1 Å². The molecule has 7 nitrogen and oxygen atoms in total. The highest BCUT2D eigenvalue weighted by Crippen LogP contribution is 2.36. The molecule has 1 aliphatic rings. The highest BCUT2D eigenvalue weighted by Gasteiger charge is 2.42. The van der Waals surface area contributed by atoms with Gasteiger partial charge in [0.15, 0.2) is 0 Å². The smallest absolute Gasteiger partial charge is 0.254 e. The summed E-state index contributed by atoms with van der Waals surface area (Å²) in [5.41, 5.74) is 4.74. The Kier molecular flexibility index (Phi) is 8.03. The molecule has 4 aromatic carbocycles. The van der Waals surface area contributed by atoms with Crippen LogP contribution in [0.2, 0.25) is 0 Å². The lowest BCUT2D eigenvalue weighted by Gasteiger charge is -2.30. The maximum atomic E-state index is 14.3. The van der Waals surface area contributed by atoms with Crippen molar-refractivity contribution in [3.8, 4) is 11.1 Å². The SMILES string of the molecule is CN[C@@H](C)C(=O)N[C@H](C(=O)N1c2ccccc2C[C@H]1C(=O)Nc1ccccc1-c1ccccc1)c1ccccc1. The van der Waals surface area contributed by atoms with Crippen LogP contribution < -0.4 is 20.9 Å². The number of para-hydroxylation sites is 2. The zero-order chi connectivity index (χ0) is 28.1. The summed E-state index contributed by atoms with van der Waals surface area (Å²) in [5.74, 6) is -0.978. The van der Waals surface area contributed by atoms with Gasteiger partial charge in [-0.15, -0.1) is 0 Å². The minimum Gasteiger partial charge on any atom is -0.339 e. The number of likely N-dealkylation sites (N-methyl/N-ethyl adjacent to an activating group) is 1. The van der Waals surface area contributed by atoms with Gasteiger partial charge in [-0.05, 0) is 42.8 Å². The first-order chi connectivity index (χ1) is 19.5. The van der Waals surface area contributed by atoms with Crippen LogP contribution >= 0.6 is 0 Å². The van der Waals surface area contributed by atoms with Gasteiger partial charge in [0.05, 0.1) is 6.04 Å². The molecule has 202 valence electrons. The lowest BCUT2D eigenvalue weighted by atomic mass is 10.0. The summed E-state index contributed by atoms with van der Waals surface area (Å²) in [4.78, 5) is 42.7. The monoisotopic (exact) mass is 532 g/mol. The van der Waals surface area contributed by atoms with Crippen molar-refractivity contribution in [3.05, 3.63) is 120 Å². The van der Waals surface area contributed by atoms with E-state index >= 15 is 0 Å². The maximum absolute atomic E-state index is 14.3. The lowest BCUT2D eigenvalue weighted by Crippen LogP contribution is -2.52. The number of amides is 3. The normalized spacial score (nSPS) is 15.6. The Bertz CT molecular complexity index is 1510. The molecule has 1 aliphatic heterocycles. The van der Waals surface area contributed by atoms with E-state index in [1.165, 1.54) is 4.90 Å². The van der Waals surface area contributed by atoms with Crippen molar-refractivity contribution in [2.24, 2.45) is 0 Å². The summed E-state index contributed by atoms with van der Waals surface area (Å²) in [5, 5.41) is 8.91. The van der Waals surface area contributed by atoms with Gasteiger partial charge in [0.25, 0.3) is 5.91 Å². The third-order valence-electron chi connectivity index (χ3n) is 7.28. The van der Waals surface area contributed by atoms with E-state index in [0.717, 1.165) is 16.7 Å². The predicted octanol–water partition coefficient (Wildman–Crippen LogP) is 4.72. The van der Waals surface area contributed by atoms with Crippen molar-refractivity contribution >= 4 is 29.1 Å². The Morgan fingerprint density at radius 2 is 1.43 bits per heavy atom. The number of nitrogens with one attached hydrogen (secondary N) is 3. The molecule has 0 aromatic heterocycles. The van der Waals surface area contributed by atoms with Crippen LogP contribution in [0.4, 0.5) is 11.4 Å². The van der Waals surface area contributed by atoms with Gasteiger partial charge < -0.3 is 16.0 Å². The van der Waals surface area contributed by atoms with Crippen LogP contribution in [0.1, 0.15) is 24.1 Å². The maximum Gasteiger partial charge on any atom is 0.254 e. The number of nitrogens with zero attached hydrogens (tertiary/aromatic N) is 1. The van der Waals surface area contributed by atoms with Gasteiger partial charge >= 0.3 is 0 Å². The number of rotatable bonds is 8. The molecular weight excluding hydrogens is 500 g/mol. The lowest BCUT2D eigenvalue weighted by molar-refractivity contribution is -0.129. The topological polar surface area (TPSA) is 90.5 Å². The van der Waals surface area contributed by atoms with Crippen LogP contribution in [0.3, 0.4) is 0 Å². The number of anilines is 2. The molecule has 3 amide bonds. The first-order valence-corrected chi connectivity index (χ1v) is 13.4. The van der Waals surface area contributed by atoms with E-state index in [-0.39, 0.29) is 17.7 Å². The summed E-state index contributed by atoms with van der Waals surface area (Å²) in [7, 11) is 1.69. The summed E-state index contributed by atoms with van der Waals surface area (Å²) in [6.45, 7) is 1.73. The van der Waals surface area contributed by atoms with Crippen LogP contribution in [0, 0.1) is 0 Å². The van der Waals surface area contributed by atoms with Crippen molar-refractivity contribution in [3.63, 3.8) is 0 Å². The average Bonchev–Trinajstić information content (AvgIpc) is 3.40. The van der Waals surface area contributed by atoms with Gasteiger partial charge in [-0.1, -0.05) is 97.1 Å². The highest BCUT2D eigenvalue weighted by atomic mass is 16.2. The van der Waals surface area contributed by atoms with Crippen molar-refractivity contribution in [2.45, 2.75) is 31.5 Å². The van der Waals surface area contributed by atoms with Crippen molar-refractivity contribution < 1.29 is 14.4 Å². The molecule has 0 spiro atoms. The number of hydrogen-bond donors (Lipinski definition) is 3.